The highest BCUT2D eigenvalue weighted by Crippen LogP contribution is 2.38. The molecule has 38 heavy (non-hydrogen) atoms. The van der Waals surface area contributed by atoms with Gasteiger partial charge in [0.15, 0.2) is 11.6 Å². The Morgan fingerprint density at radius 1 is 0.868 bits per heavy atom. The highest BCUT2D eigenvalue weighted by molar-refractivity contribution is 7.98. The van der Waals surface area contributed by atoms with Crippen LogP contribution in [-0.4, -0.2) is 17.3 Å². The fourth-order valence-electron chi connectivity index (χ4n) is 3.49. The number of hydrogen-bond donors (Lipinski definition) is 1. The van der Waals surface area contributed by atoms with Gasteiger partial charge in [-0.15, -0.1) is 0 Å². The zero-order chi connectivity index (χ0) is 28.7. The maximum Gasteiger partial charge on any atom is 0.332 e. The maximum absolute atomic E-state index is 14.7. The highest BCUT2D eigenvalue weighted by Gasteiger charge is 2.43. The molecule has 3 rings (SSSR count). The predicted octanol–water partition coefficient (Wildman–Crippen LogP) is 8.88. The average molecular weight is 558 g/mol. The summed E-state index contributed by atoms with van der Waals surface area (Å²) in [7, 11) is 0. The van der Waals surface area contributed by atoms with Gasteiger partial charge in [0, 0.05) is 16.2 Å². The molecule has 0 amide bonds. The van der Waals surface area contributed by atoms with E-state index in [1.54, 1.807) is 50.2 Å². The normalized spacial score (nSPS) is 12.8. The van der Waals surface area contributed by atoms with Gasteiger partial charge in [0.25, 0.3) is 0 Å². The van der Waals surface area contributed by atoms with Crippen molar-refractivity contribution in [3.05, 3.63) is 101 Å². The van der Waals surface area contributed by atoms with E-state index in [0.717, 1.165) is 17.7 Å². The number of nitrogens with two attached hydrogens (primary N) is 1. The van der Waals surface area contributed by atoms with Crippen molar-refractivity contribution in [1.82, 2.24) is 0 Å². The fraction of sp³-hybridized carbons (Fsp3) is 0.379. The van der Waals surface area contributed by atoms with Gasteiger partial charge in [0.05, 0.1) is 6.10 Å². The minimum atomic E-state index is -4.52. The van der Waals surface area contributed by atoms with Crippen molar-refractivity contribution in [2.45, 2.75) is 70.2 Å². The minimum absolute atomic E-state index is 0.0198. The Hall–Kier alpha value is -2.65. The van der Waals surface area contributed by atoms with Crippen LogP contribution in [0.3, 0.4) is 0 Å². The lowest BCUT2D eigenvalue weighted by Crippen LogP contribution is -2.24. The molecule has 2 N–H and O–H groups in total. The first-order valence-corrected chi connectivity index (χ1v) is 12.9. The van der Waals surface area contributed by atoms with Crippen molar-refractivity contribution in [3.63, 3.8) is 0 Å². The molecule has 0 aliphatic rings. The molecule has 208 valence electrons. The number of ether oxygens (including phenoxy) is 1. The number of halogens is 6. The van der Waals surface area contributed by atoms with Gasteiger partial charge in [-0.2, -0.15) is 8.78 Å². The second-order valence-corrected chi connectivity index (χ2v) is 11.5. The van der Waals surface area contributed by atoms with Crippen molar-refractivity contribution in [2.75, 3.05) is 0 Å². The Balaban J connectivity index is 0.000000757. The maximum atomic E-state index is 14.7. The molecular formula is C29H33F6NOS. The molecule has 0 bridgehead atoms. The van der Waals surface area contributed by atoms with Crippen LogP contribution in [0, 0.1) is 11.6 Å². The second kappa shape index (κ2) is 13.4. The van der Waals surface area contributed by atoms with Crippen LogP contribution in [0.2, 0.25) is 0 Å². The minimum Gasteiger partial charge on any atom is -0.488 e. The summed E-state index contributed by atoms with van der Waals surface area (Å²) >= 11 is 1.38. The summed E-state index contributed by atoms with van der Waals surface area (Å²) in [6.07, 6.45) is -4.04. The largest absolute Gasteiger partial charge is 0.488 e. The van der Waals surface area contributed by atoms with E-state index in [1.165, 1.54) is 24.1 Å². The number of benzene rings is 3. The standard InChI is InChI=1S/C25H22F6O.C4H11NS/c1-15(2)32-23-9-8-17(13-22(23)27)21(10-16-6-4-3-5-7-16)18-11-19(14-20(26)12-18)25(30,31)24(28)29;1-4(2,3)6-5/h3-9,11-15,21,24H,10H2,1-2H3;5H2,1-3H3. The third kappa shape index (κ3) is 9.27. The summed E-state index contributed by atoms with van der Waals surface area (Å²) in [5.41, 5.74) is 0.0770. The summed E-state index contributed by atoms with van der Waals surface area (Å²) in [5, 5.41) is 5.22. The fourth-order valence-corrected chi connectivity index (χ4v) is 3.49. The first-order chi connectivity index (χ1) is 17.6. The Morgan fingerprint density at radius 2 is 1.47 bits per heavy atom. The van der Waals surface area contributed by atoms with Crippen LogP contribution in [-0.2, 0) is 12.3 Å². The van der Waals surface area contributed by atoms with E-state index in [1.807, 2.05) is 0 Å². The molecule has 1 unspecified atom stereocenters. The van der Waals surface area contributed by atoms with E-state index >= 15 is 0 Å². The average Bonchev–Trinajstić information content (AvgIpc) is 2.83. The van der Waals surface area contributed by atoms with Crippen molar-refractivity contribution < 1.29 is 31.1 Å². The van der Waals surface area contributed by atoms with Gasteiger partial charge in [-0.3, -0.25) is 5.14 Å². The van der Waals surface area contributed by atoms with E-state index in [4.69, 9.17) is 9.88 Å². The molecule has 0 aliphatic carbocycles. The second-order valence-electron chi connectivity index (χ2n) is 10.0. The van der Waals surface area contributed by atoms with Gasteiger partial charge in [0.2, 0.25) is 0 Å². The monoisotopic (exact) mass is 557 g/mol. The van der Waals surface area contributed by atoms with Crippen LogP contribution in [0.25, 0.3) is 0 Å². The molecule has 2 nitrogen and oxygen atoms in total. The van der Waals surface area contributed by atoms with Gasteiger partial charge >= 0.3 is 12.3 Å². The molecule has 9 heteroatoms. The lowest BCUT2D eigenvalue weighted by atomic mass is 9.84. The zero-order valence-corrected chi connectivity index (χ0v) is 22.8. The SMILES string of the molecule is CC(C)(C)SN.CC(C)Oc1ccc(C(Cc2ccccc2)c2cc(F)cc(C(F)(F)C(F)F)c2)cc1F. The van der Waals surface area contributed by atoms with E-state index in [-0.39, 0.29) is 28.6 Å². The van der Waals surface area contributed by atoms with Gasteiger partial charge < -0.3 is 4.74 Å². The summed E-state index contributed by atoms with van der Waals surface area (Å²) in [5.74, 6) is -7.00. The third-order valence-electron chi connectivity index (χ3n) is 5.34. The Kier molecular flexibility index (Phi) is 11.2. The molecule has 0 spiro atoms. The topological polar surface area (TPSA) is 35.2 Å². The number of rotatable bonds is 8. The Labute approximate surface area is 224 Å². The molecule has 0 aliphatic heterocycles. The van der Waals surface area contributed by atoms with Crippen LogP contribution in [0.4, 0.5) is 26.3 Å². The highest BCUT2D eigenvalue weighted by atomic mass is 32.2. The number of alkyl halides is 4. The van der Waals surface area contributed by atoms with E-state index in [0.29, 0.717) is 11.6 Å². The van der Waals surface area contributed by atoms with E-state index in [2.05, 4.69) is 20.8 Å². The molecule has 0 heterocycles. The Morgan fingerprint density at radius 3 is 1.97 bits per heavy atom. The van der Waals surface area contributed by atoms with E-state index in [9.17, 15) is 26.3 Å². The quantitative estimate of drug-likeness (QED) is 0.222. The Bertz CT molecular complexity index is 1170. The molecule has 3 aromatic carbocycles. The lowest BCUT2D eigenvalue weighted by molar-refractivity contribution is -0.135. The molecular weight excluding hydrogens is 524 g/mol. The molecule has 0 radical (unpaired) electrons. The predicted molar refractivity (Wildman–Crippen MR) is 142 cm³/mol. The van der Waals surface area contributed by atoms with Crippen LogP contribution in [0.15, 0.2) is 66.7 Å². The van der Waals surface area contributed by atoms with Gasteiger partial charge in [-0.25, -0.2) is 17.6 Å². The van der Waals surface area contributed by atoms with Gasteiger partial charge in [-0.1, -0.05) is 48.3 Å². The molecule has 0 saturated heterocycles. The first-order valence-electron chi connectivity index (χ1n) is 12.0. The molecule has 1 atom stereocenters. The molecule has 3 aromatic rings. The number of hydrogen-bond acceptors (Lipinski definition) is 3. The van der Waals surface area contributed by atoms with Crippen LogP contribution in [0.1, 0.15) is 62.8 Å². The van der Waals surface area contributed by atoms with Crippen molar-refractivity contribution >= 4 is 11.9 Å². The van der Waals surface area contributed by atoms with Crippen molar-refractivity contribution in [2.24, 2.45) is 5.14 Å². The van der Waals surface area contributed by atoms with Crippen molar-refractivity contribution in [3.8, 4) is 5.75 Å². The summed E-state index contributed by atoms with van der Waals surface area (Å²) in [6, 6.07) is 15.3. The van der Waals surface area contributed by atoms with Crippen LogP contribution < -0.4 is 9.88 Å². The molecule has 0 saturated carbocycles. The molecule has 0 fully saturated rings. The van der Waals surface area contributed by atoms with Crippen molar-refractivity contribution in [1.29, 1.82) is 0 Å². The molecule has 0 aromatic heterocycles. The first kappa shape index (κ1) is 31.6. The third-order valence-corrected chi connectivity index (χ3v) is 6.05. The van der Waals surface area contributed by atoms with Crippen LogP contribution >= 0.6 is 11.9 Å². The lowest BCUT2D eigenvalue weighted by Gasteiger charge is -2.22. The summed E-state index contributed by atoms with van der Waals surface area (Å²) < 4.78 is 88.3. The summed E-state index contributed by atoms with van der Waals surface area (Å²) in [6.45, 7) is 9.72. The zero-order valence-electron chi connectivity index (χ0n) is 22.0. The summed E-state index contributed by atoms with van der Waals surface area (Å²) in [4.78, 5) is 0. The van der Waals surface area contributed by atoms with Crippen LogP contribution in [0.5, 0.6) is 5.75 Å². The van der Waals surface area contributed by atoms with Gasteiger partial charge in [0.1, 0.15) is 5.82 Å². The van der Waals surface area contributed by atoms with E-state index < -0.39 is 35.5 Å². The van der Waals surface area contributed by atoms with Gasteiger partial charge in [-0.05, 0) is 88.1 Å². The smallest absolute Gasteiger partial charge is 0.332 e.